The Hall–Kier alpha value is -1.40. The summed E-state index contributed by atoms with van der Waals surface area (Å²) in [5.74, 6) is -0.616. The zero-order valence-corrected chi connectivity index (χ0v) is 10.8. The topological polar surface area (TPSA) is 78.6 Å². The molecule has 0 atom stereocenters. The van der Waals surface area contributed by atoms with E-state index >= 15 is 0 Å². The third-order valence-corrected chi connectivity index (χ3v) is 3.85. The van der Waals surface area contributed by atoms with E-state index < -0.39 is 5.97 Å². The van der Waals surface area contributed by atoms with E-state index in [2.05, 4.69) is 29.5 Å². The van der Waals surface area contributed by atoms with Crippen LogP contribution < -0.4 is 5.32 Å². The van der Waals surface area contributed by atoms with E-state index in [0.717, 1.165) is 6.54 Å². The van der Waals surface area contributed by atoms with Gasteiger partial charge < -0.3 is 19.8 Å². The van der Waals surface area contributed by atoms with Crippen LogP contribution in [0.3, 0.4) is 0 Å². The van der Waals surface area contributed by atoms with Crippen molar-refractivity contribution in [2.45, 2.75) is 31.3 Å². The summed E-state index contributed by atoms with van der Waals surface area (Å²) in [6.07, 6.45) is 4.84. The molecule has 100 valence electrons. The van der Waals surface area contributed by atoms with Gasteiger partial charge in [-0.25, -0.2) is 4.79 Å². The maximum atomic E-state index is 10.9. The van der Waals surface area contributed by atoms with E-state index in [0.29, 0.717) is 12.3 Å². The van der Waals surface area contributed by atoms with Crippen molar-refractivity contribution in [3.63, 3.8) is 0 Å². The third-order valence-electron chi connectivity index (χ3n) is 3.85. The molecule has 6 heteroatoms. The molecule has 0 saturated heterocycles. The number of hydrogen-bond donors (Lipinski definition) is 2. The van der Waals surface area contributed by atoms with Gasteiger partial charge in [-0.15, -0.1) is 0 Å². The highest BCUT2D eigenvalue weighted by molar-refractivity contribution is 5.88. The van der Waals surface area contributed by atoms with Crippen LogP contribution in [-0.4, -0.2) is 47.3 Å². The first-order valence-corrected chi connectivity index (χ1v) is 6.10. The van der Waals surface area contributed by atoms with Gasteiger partial charge in [0.2, 0.25) is 0 Å². The van der Waals surface area contributed by atoms with Crippen molar-refractivity contribution in [2.24, 2.45) is 0 Å². The van der Waals surface area contributed by atoms with E-state index in [-0.39, 0.29) is 11.1 Å². The molecular weight excluding hydrogens is 234 g/mol. The van der Waals surface area contributed by atoms with Crippen LogP contribution in [-0.2, 0) is 6.54 Å². The fourth-order valence-corrected chi connectivity index (χ4v) is 2.34. The molecule has 0 bridgehead atoms. The highest BCUT2D eigenvalue weighted by Gasteiger charge is 2.38. The molecule has 6 nitrogen and oxygen atoms in total. The second kappa shape index (κ2) is 5.07. The zero-order chi connectivity index (χ0) is 13.2. The number of aromatic nitrogens is 1. The average molecular weight is 253 g/mol. The van der Waals surface area contributed by atoms with Gasteiger partial charge in [0.15, 0.2) is 5.76 Å². The van der Waals surface area contributed by atoms with Crippen LogP contribution in [0.5, 0.6) is 0 Å². The molecule has 0 spiro atoms. The number of aromatic carboxylic acids is 1. The fourth-order valence-electron chi connectivity index (χ4n) is 2.34. The van der Waals surface area contributed by atoms with Crippen LogP contribution >= 0.6 is 0 Å². The van der Waals surface area contributed by atoms with Crippen LogP contribution in [0.4, 0.5) is 0 Å². The molecule has 0 unspecified atom stereocenters. The van der Waals surface area contributed by atoms with Crippen LogP contribution in [0, 0.1) is 0 Å². The minimum atomic E-state index is -1.00. The monoisotopic (exact) mass is 253 g/mol. The lowest BCUT2D eigenvalue weighted by atomic mass is 9.75. The van der Waals surface area contributed by atoms with Crippen molar-refractivity contribution < 1.29 is 14.4 Å². The maximum absolute atomic E-state index is 10.9. The predicted molar refractivity (Wildman–Crippen MR) is 65.4 cm³/mol. The number of carboxylic acid groups (broad SMARTS) is 1. The van der Waals surface area contributed by atoms with Crippen LogP contribution in [0.15, 0.2) is 10.7 Å². The number of hydrogen-bond acceptors (Lipinski definition) is 5. The Balaban J connectivity index is 1.88. The van der Waals surface area contributed by atoms with Gasteiger partial charge in [0.25, 0.3) is 0 Å². The normalized spacial score (nSPS) is 17.7. The standard InChI is InChI=1S/C12H19N3O3/c1-15(2)12(4-3-5-12)8-13-7-10-9(11(16)17)6-14-18-10/h6,13H,3-5,7-8H2,1-2H3,(H,16,17). The first kappa shape index (κ1) is 13.0. The molecule has 2 N–H and O–H groups in total. The minimum absolute atomic E-state index is 0.134. The Kier molecular flexibility index (Phi) is 3.68. The lowest BCUT2D eigenvalue weighted by Gasteiger charge is -2.47. The Bertz CT molecular complexity index is 424. The highest BCUT2D eigenvalue weighted by Crippen LogP contribution is 2.35. The van der Waals surface area contributed by atoms with Gasteiger partial charge in [-0.3, -0.25) is 0 Å². The Morgan fingerprint density at radius 2 is 2.33 bits per heavy atom. The number of rotatable bonds is 6. The van der Waals surface area contributed by atoms with E-state index in [1.165, 1.54) is 25.5 Å². The molecule has 1 aliphatic carbocycles. The molecule has 1 aromatic rings. The molecule has 1 aromatic heterocycles. The number of nitrogens with one attached hydrogen (secondary N) is 1. The quantitative estimate of drug-likeness (QED) is 0.785. The summed E-state index contributed by atoms with van der Waals surface area (Å²) in [4.78, 5) is 13.1. The molecule has 1 heterocycles. The molecule has 0 amide bonds. The molecule has 1 saturated carbocycles. The van der Waals surface area contributed by atoms with E-state index in [9.17, 15) is 4.79 Å². The summed E-state index contributed by atoms with van der Waals surface area (Å²) in [5, 5.41) is 15.7. The molecule has 0 aliphatic heterocycles. The van der Waals surface area contributed by atoms with Gasteiger partial charge in [-0.05, 0) is 33.4 Å². The van der Waals surface area contributed by atoms with Gasteiger partial charge in [-0.2, -0.15) is 0 Å². The predicted octanol–water partition coefficient (Wildman–Crippen LogP) is 0.947. The van der Waals surface area contributed by atoms with Gasteiger partial charge in [-0.1, -0.05) is 5.16 Å². The molecule has 0 radical (unpaired) electrons. The first-order valence-electron chi connectivity index (χ1n) is 6.10. The summed E-state index contributed by atoms with van der Waals surface area (Å²) < 4.78 is 4.95. The summed E-state index contributed by atoms with van der Waals surface area (Å²) >= 11 is 0. The zero-order valence-electron chi connectivity index (χ0n) is 10.8. The number of likely N-dealkylation sites (N-methyl/N-ethyl adjacent to an activating group) is 1. The number of nitrogens with zero attached hydrogens (tertiary/aromatic N) is 2. The van der Waals surface area contributed by atoms with Crippen molar-refractivity contribution in [3.8, 4) is 0 Å². The Morgan fingerprint density at radius 1 is 1.61 bits per heavy atom. The molecule has 0 aromatic carbocycles. The fraction of sp³-hybridized carbons (Fsp3) is 0.667. The van der Waals surface area contributed by atoms with E-state index in [4.69, 9.17) is 9.63 Å². The third kappa shape index (κ3) is 2.39. The highest BCUT2D eigenvalue weighted by atomic mass is 16.5. The average Bonchev–Trinajstić information content (AvgIpc) is 2.69. The van der Waals surface area contributed by atoms with E-state index in [1.807, 2.05) is 0 Å². The van der Waals surface area contributed by atoms with Crippen molar-refractivity contribution in [1.29, 1.82) is 0 Å². The largest absolute Gasteiger partial charge is 0.478 e. The van der Waals surface area contributed by atoms with Crippen LogP contribution in [0.25, 0.3) is 0 Å². The SMILES string of the molecule is CN(C)C1(CNCc2oncc2C(=O)O)CCC1. The van der Waals surface area contributed by atoms with Gasteiger partial charge in [0.1, 0.15) is 5.56 Å². The van der Waals surface area contributed by atoms with Crippen LogP contribution in [0.1, 0.15) is 35.4 Å². The Labute approximate surface area is 106 Å². The number of carbonyl (C=O) groups is 1. The molecule has 1 aliphatic rings. The second-order valence-corrected chi connectivity index (χ2v) is 5.04. The summed E-state index contributed by atoms with van der Waals surface area (Å²) in [5.41, 5.74) is 0.346. The summed E-state index contributed by atoms with van der Waals surface area (Å²) in [6, 6.07) is 0. The van der Waals surface area contributed by atoms with Crippen molar-refractivity contribution in [2.75, 3.05) is 20.6 Å². The summed E-state index contributed by atoms with van der Waals surface area (Å²) in [6.45, 7) is 1.23. The number of carboxylic acids is 1. The van der Waals surface area contributed by atoms with E-state index in [1.54, 1.807) is 0 Å². The molecule has 1 fully saturated rings. The van der Waals surface area contributed by atoms with Crippen molar-refractivity contribution in [3.05, 3.63) is 17.5 Å². The summed E-state index contributed by atoms with van der Waals surface area (Å²) in [7, 11) is 4.16. The smallest absolute Gasteiger partial charge is 0.341 e. The van der Waals surface area contributed by atoms with Crippen molar-refractivity contribution in [1.82, 2.24) is 15.4 Å². The molecule has 2 rings (SSSR count). The van der Waals surface area contributed by atoms with Crippen LogP contribution in [0.2, 0.25) is 0 Å². The van der Waals surface area contributed by atoms with Crippen molar-refractivity contribution >= 4 is 5.97 Å². The molecular formula is C12H19N3O3. The Morgan fingerprint density at radius 3 is 2.83 bits per heavy atom. The van der Waals surface area contributed by atoms with Gasteiger partial charge >= 0.3 is 5.97 Å². The van der Waals surface area contributed by atoms with Gasteiger partial charge in [0.05, 0.1) is 12.7 Å². The second-order valence-electron chi connectivity index (χ2n) is 5.04. The molecule has 18 heavy (non-hydrogen) atoms. The maximum Gasteiger partial charge on any atom is 0.341 e. The lowest BCUT2D eigenvalue weighted by molar-refractivity contribution is 0.0590. The first-order chi connectivity index (χ1) is 8.55. The minimum Gasteiger partial charge on any atom is -0.478 e. The van der Waals surface area contributed by atoms with Gasteiger partial charge in [0, 0.05) is 12.1 Å². The lowest BCUT2D eigenvalue weighted by Crippen LogP contribution is -2.56.